The topological polar surface area (TPSA) is 192 Å². The summed E-state index contributed by atoms with van der Waals surface area (Å²) in [5.41, 5.74) is 3.96. The summed E-state index contributed by atoms with van der Waals surface area (Å²) in [7, 11) is 1.65. The Bertz CT molecular complexity index is 1160. The van der Waals surface area contributed by atoms with Crippen molar-refractivity contribution in [1.82, 2.24) is 9.97 Å². The number of carbonyl (C=O) groups is 2. The number of ether oxygens (including phenoxy) is 2. The van der Waals surface area contributed by atoms with E-state index in [-0.39, 0.29) is 18.1 Å². The van der Waals surface area contributed by atoms with E-state index in [4.69, 9.17) is 34.9 Å². The van der Waals surface area contributed by atoms with Crippen LogP contribution in [0, 0.1) is 0 Å². The molecule has 12 nitrogen and oxygen atoms in total. The van der Waals surface area contributed by atoms with Gasteiger partial charge >= 0.3 is 11.9 Å². The van der Waals surface area contributed by atoms with E-state index in [0.29, 0.717) is 18.8 Å². The Hall–Kier alpha value is -3.26. The van der Waals surface area contributed by atoms with Crippen LogP contribution in [0.5, 0.6) is 11.5 Å². The maximum absolute atomic E-state index is 10.3. The van der Waals surface area contributed by atoms with Crippen molar-refractivity contribution in [1.29, 1.82) is 0 Å². The largest absolute Gasteiger partial charge is 0.493 e. The highest BCUT2D eigenvalue weighted by atomic mass is 32.2. The molecule has 206 valence electrons. The third-order valence-electron chi connectivity index (χ3n) is 6.26. The predicted octanol–water partition coefficient (Wildman–Crippen LogP) is 1.33. The number of aliphatic carboxylic acids is 2. The minimum Gasteiger partial charge on any atom is -0.493 e. The molecule has 1 fully saturated rings. The van der Waals surface area contributed by atoms with Gasteiger partial charge in [-0.05, 0) is 50.1 Å². The number of thioether (sulfide) groups is 1. The Morgan fingerprint density at radius 2 is 1.71 bits per heavy atom. The lowest BCUT2D eigenvalue weighted by atomic mass is 9.74. The first kappa shape index (κ1) is 29.3. The molecular formula is C25H31N3O9S. The number of hydrogen-bond donors (Lipinski definition) is 5. The maximum Gasteiger partial charge on any atom is 0.335 e. The third-order valence-corrected chi connectivity index (χ3v) is 6.84. The molecule has 5 atom stereocenters. The van der Waals surface area contributed by atoms with Crippen LogP contribution in [-0.4, -0.2) is 97.5 Å². The van der Waals surface area contributed by atoms with E-state index in [9.17, 15) is 14.7 Å². The monoisotopic (exact) mass is 549 g/mol. The van der Waals surface area contributed by atoms with E-state index in [1.54, 1.807) is 7.11 Å². The van der Waals surface area contributed by atoms with Crippen molar-refractivity contribution < 1.29 is 44.6 Å². The first-order chi connectivity index (χ1) is 18.1. The van der Waals surface area contributed by atoms with Crippen molar-refractivity contribution in [2.75, 3.05) is 20.0 Å². The number of aromatic nitrogens is 2. The second-order valence-electron chi connectivity index (χ2n) is 8.67. The SMILES string of the molecule is CCOc1cc2c(cc1OC)C(c1cnc(SC)nc1)=N[C@@H]1CC[C@@H](O)C[C@H]21.O=C(O)[C@H](O)[C@@H](O)C(=O)O. The van der Waals surface area contributed by atoms with Gasteiger partial charge < -0.3 is 35.0 Å². The first-order valence-corrected chi connectivity index (χ1v) is 13.1. The van der Waals surface area contributed by atoms with Crippen molar-refractivity contribution in [2.24, 2.45) is 4.99 Å². The van der Waals surface area contributed by atoms with Crippen molar-refractivity contribution in [3.63, 3.8) is 0 Å². The number of carboxylic acids is 2. The van der Waals surface area contributed by atoms with E-state index in [1.165, 1.54) is 11.8 Å². The number of methoxy groups -OCH3 is 1. The highest BCUT2D eigenvalue weighted by Gasteiger charge is 2.37. The molecule has 0 radical (unpaired) electrons. The highest BCUT2D eigenvalue weighted by molar-refractivity contribution is 7.98. The molecule has 38 heavy (non-hydrogen) atoms. The van der Waals surface area contributed by atoms with Crippen LogP contribution < -0.4 is 9.47 Å². The minimum atomic E-state index is -2.27. The smallest absolute Gasteiger partial charge is 0.335 e. The zero-order chi connectivity index (χ0) is 28.0. The molecule has 0 spiro atoms. The molecule has 13 heteroatoms. The van der Waals surface area contributed by atoms with Crippen LogP contribution >= 0.6 is 11.8 Å². The summed E-state index contributed by atoms with van der Waals surface area (Å²) in [6.45, 7) is 2.53. The second-order valence-corrected chi connectivity index (χ2v) is 9.44. The van der Waals surface area contributed by atoms with Crippen LogP contribution in [0.25, 0.3) is 0 Å². The van der Waals surface area contributed by atoms with Crippen LogP contribution in [0.15, 0.2) is 34.7 Å². The summed E-state index contributed by atoms with van der Waals surface area (Å²) in [6.07, 6.45) is 3.18. The summed E-state index contributed by atoms with van der Waals surface area (Å²) in [5.74, 6) is -1.94. The minimum absolute atomic E-state index is 0.147. The van der Waals surface area contributed by atoms with Crippen molar-refractivity contribution in [3.05, 3.63) is 41.2 Å². The van der Waals surface area contributed by atoms with Gasteiger partial charge in [-0.25, -0.2) is 19.6 Å². The molecule has 2 heterocycles. The number of aliphatic hydroxyl groups is 3. The second kappa shape index (κ2) is 13.0. The van der Waals surface area contributed by atoms with Crippen molar-refractivity contribution >= 4 is 29.4 Å². The van der Waals surface area contributed by atoms with Gasteiger partial charge in [0.2, 0.25) is 0 Å². The molecule has 0 unspecified atom stereocenters. The Morgan fingerprint density at radius 1 is 1.08 bits per heavy atom. The molecule has 1 aromatic carbocycles. The Morgan fingerprint density at radius 3 is 2.24 bits per heavy atom. The van der Waals surface area contributed by atoms with Crippen molar-refractivity contribution in [2.45, 2.75) is 61.6 Å². The van der Waals surface area contributed by atoms with E-state index in [1.807, 2.05) is 31.6 Å². The van der Waals surface area contributed by atoms with Gasteiger partial charge in [-0.2, -0.15) is 0 Å². The van der Waals surface area contributed by atoms with Gasteiger partial charge in [0, 0.05) is 29.4 Å². The van der Waals surface area contributed by atoms with E-state index < -0.39 is 24.1 Å². The number of fused-ring (bicyclic) bond motifs is 3. The summed E-state index contributed by atoms with van der Waals surface area (Å²) in [6, 6.07) is 4.21. The highest BCUT2D eigenvalue weighted by Crippen LogP contribution is 2.44. The predicted molar refractivity (Wildman–Crippen MR) is 137 cm³/mol. The lowest BCUT2D eigenvalue weighted by Gasteiger charge is -2.37. The maximum atomic E-state index is 10.3. The van der Waals surface area contributed by atoms with Gasteiger partial charge in [-0.3, -0.25) is 4.99 Å². The number of benzene rings is 1. The van der Waals surface area contributed by atoms with Gasteiger partial charge in [0.05, 0.1) is 31.6 Å². The van der Waals surface area contributed by atoms with Crippen LogP contribution in [0.4, 0.5) is 0 Å². The Labute approximate surface area is 223 Å². The van der Waals surface area contributed by atoms with Crippen LogP contribution in [0.3, 0.4) is 0 Å². The fourth-order valence-electron chi connectivity index (χ4n) is 4.42. The van der Waals surface area contributed by atoms with Gasteiger partial charge in [0.25, 0.3) is 0 Å². The first-order valence-electron chi connectivity index (χ1n) is 11.9. The number of rotatable bonds is 8. The van der Waals surface area contributed by atoms with Gasteiger partial charge in [0.15, 0.2) is 28.9 Å². The summed E-state index contributed by atoms with van der Waals surface area (Å²) in [5, 5.41) is 43.5. The molecule has 0 saturated heterocycles. The number of nitrogens with zero attached hydrogens (tertiary/aromatic N) is 3. The van der Waals surface area contributed by atoms with Crippen LogP contribution in [-0.2, 0) is 9.59 Å². The molecule has 4 rings (SSSR count). The molecule has 0 amide bonds. The van der Waals surface area contributed by atoms with E-state index >= 15 is 0 Å². The van der Waals surface area contributed by atoms with Gasteiger partial charge in [-0.15, -0.1) is 0 Å². The Balaban J connectivity index is 0.000000342. The summed E-state index contributed by atoms with van der Waals surface area (Å²) < 4.78 is 11.4. The molecule has 1 saturated carbocycles. The molecule has 1 aliphatic heterocycles. The molecule has 1 aromatic heterocycles. The number of aliphatic imine (C=N–C) groups is 1. The normalized spacial score (nSPS) is 21.4. The lowest BCUT2D eigenvalue weighted by molar-refractivity contribution is -0.165. The van der Waals surface area contributed by atoms with E-state index in [2.05, 4.69) is 16.0 Å². The average Bonchev–Trinajstić information content (AvgIpc) is 2.92. The fraction of sp³-hybridized carbons (Fsp3) is 0.480. The molecule has 5 N–H and O–H groups in total. The van der Waals surface area contributed by atoms with Crippen LogP contribution in [0.1, 0.15) is 48.8 Å². The summed E-state index contributed by atoms with van der Waals surface area (Å²) >= 11 is 1.52. The molecule has 2 aromatic rings. The lowest BCUT2D eigenvalue weighted by Crippen LogP contribution is -2.39. The number of carboxylic acid groups (broad SMARTS) is 2. The number of aliphatic hydroxyl groups excluding tert-OH is 3. The molecular weight excluding hydrogens is 518 g/mol. The fourth-order valence-corrected chi connectivity index (χ4v) is 4.73. The third kappa shape index (κ3) is 6.59. The van der Waals surface area contributed by atoms with Gasteiger partial charge in [-0.1, -0.05) is 11.8 Å². The van der Waals surface area contributed by atoms with Crippen LogP contribution in [0.2, 0.25) is 0 Å². The quantitative estimate of drug-likeness (QED) is 0.235. The van der Waals surface area contributed by atoms with E-state index in [0.717, 1.165) is 46.1 Å². The summed E-state index contributed by atoms with van der Waals surface area (Å²) in [4.78, 5) is 33.5. The molecule has 2 aliphatic rings. The zero-order valence-electron chi connectivity index (χ0n) is 21.1. The molecule has 1 aliphatic carbocycles. The molecule has 0 bridgehead atoms. The Kier molecular flexibility index (Phi) is 10.0. The number of hydrogen-bond acceptors (Lipinski definition) is 11. The standard InChI is InChI=1S/C21H25N3O3S.C4H6O6/c1-4-27-19-8-14-15-7-13(25)5-6-17(15)24-20(16(14)9-18(19)26-2)12-10-22-21(28-3)23-11-12;5-1(3(7)8)2(6)4(9)10/h8-11,13,15,17,25H,4-7H2,1-3H3;1-2,5-6H,(H,7,8)(H,9,10)/t13-,15-,17-;1-,2-/m11/s1. The average molecular weight is 550 g/mol. The zero-order valence-corrected chi connectivity index (χ0v) is 22.0. The van der Waals surface area contributed by atoms with Crippen molar-refractivity contribution in [3.8, 4) is 11.5 Å². The van der Waals surface area contributed by atoms with Gasteiger partial charge in [0.1, 0.15) is 0 Å².